The van der Waals surface area contributed by atoms with Crippen molar-refractivity contribution in [1.82, 2.24) is 4.72 Å². The van der Waals surface area contributed by atoms with E-state index in [1.807, 2.05) is 30.3 Å². The summed E-state index contributed by atoms with van der Waals surface area (Å²) in [5.74, 6) is 0.660. The van der Waals surface area contributed by atoms with Crippen molar-refractivity contribution in [2.24, 2.45) is 0 Å². The summed E-state index contributed by atoms with van der Waals surface area (Å²) in [6, 6.07) is 16.3. The highest BCUT2D eigenvalue weighted by molar-refractivity contribution is 7.99. The Balaban J connectivity index is 1.89. The van der Waals surface area contributed by atoms with Crippen LogP contribution in [0, 0.1) is 0 Å². The summed E-state index contributed by atoms with van der Waals surface area (Å²) in [5.41, 5.74) is 0. The van der Waals surface area contributed by atoms with E-state index in [1.165, 1.54) is 6.07 Å². The number of rotatable bonds is 6. The fourth-order valence-electron chi connectivity index (χ4n) is 1.60. The highest BCUT2D eigenvalue weighted by Gasteiger charge is 2.16. The van der Waals surface area contributed by atoms with Crippen LogP contribution in [-0.2, 0) is 10.0 Å². The van der Waals surface area contributed by atoms with Crippen molar-refractivity contribution in [2.75, 3.05) is 12.3 Å². The SMILES string of the molecule is O=S(=O)(NCCSc1ccccc1)c1ccccc1Cl. The van der Waals surface area contributed by atoms with Crippen LogP contribution in [-0.4, -0.2) is 20.7 Å². The van der Waals surface area contributed by atoms with Crippen LogP contribution in [0.4, 0.5) is 0 Å². The number of thioether (sulfide) groups is 1. The van der Waals surface area contributed by atoms with Gasteiger partial charge in [0.15, 0.2) is 0 Å². The third-order valence-corrected chi connectivity index (χ3v) is 5.51. The molecule has 2 aromatic carbocycles. The largest absolute Gasteiger partial charge is 0.242 e. The summed E-state index contributed by atoms with van der Waals surface area (Å²) >= 11 is 7.49. The lowest BCUT2D eigenvalue weighted by Gasteiger charge is -2.08. The smallest absolute Gasteiger partial charge is 0.210 e. The Labute approximate surface area is 128 Å². The van der Waals surface area contributed by atoms with Gasteiger partial charge in [0, 0.05) is 17.2 Å². The summed E-state index contributed by atoms with van der Waals surface area (Å²) in [4.78, 5) is 1.23. The molecule has 0 saturated heterocycles. The molecule has 2 rings (SSSR count). The fraction of sp³-hybridized carbons (Fsp3) is 0.143. The average molecular weight is 328 g/mol. The molecule has 106 valence electrons. The second kappa shape index (κ2) is 7.13. The first kappa shape index (κ1) is 15.4. The second-order valence-corrected chi connectivity index (χ2v) is 7.30. The van der Waals surface area contributed by atoms with Gasteiger partial charge in [-0.3, -0.25) is 0 Å². The van der Waals surface area contributed by atoms with Gasteiger partial charge < -0.3 is 0 Å². The molecule has 0 aliphatic heterocycles. The van der Waals surface area contributed by atoms with Crippen LogP contribution >= 0.6 is 23.4 Å². The lowest BCUT2D eigenvalue weighted by Crippen LogP contribution is -2.26. The topological polar surface area (TPSA) is 46.2 Å². The molecule has 0 atom stereocenters. The minimum Gasteiger partial charge on any atom is -0.210 e. The molecule has 2 aromatic rings. The Hall–Kier alpha value is -1.01. The van der Waals surface area contributed by atoms with Crippen LogP contribution in [0.15, 0.2) is 64.4 Å². The number of halogens is 1. The normalized spacial score (nSPS) is 11.4. The van der Waals surface area contributed by atoms with Crippen molar-refractivity contribution in [3.63, 3.8) is 0 Å². The Bertz CT molecular complexity index is 660. The zero-order valence-electron chi connectivity index (χ0n) is 10.6. The van der Waals surface area contributed by atoms with Gasteiger partial charge in [-0.05, 0) is 24.3 Å². The Morgan fingerprint density at radius 1 is 1.00 bits per heavy atom. The Morgan fingerprint density at radius 2 is 1.65 bits per heavy atom. The molecule has 20 heavy (non-hydrogen) atoms. The van der Waals surface area contributed by atoms with Crippen LogP contribution in [0.5, 0.6) is 0 Å². The van der Waals surface area contributed by atoms with Gasteiger partial charge in [0.2, 0.25) is 10.0 Å². The van der Waals surface area contributed by atoms with Gasteiger partial charge in [-0.1, -0.05) is 41.9 Å². The molecule has 0 saturated carbocycles. The summed E-state index contributed by atoms with van der Waals surface area (Å²) in [7, 11) is -3.54. The summed E-state index contributed by atoms with van der Waals surface area (Å²) in [6.45, 7) is 0.354. The van der Waals surface area contributed by atoms with E-state index in [0.717, 1.165) is 4.90 Å². The van der Waals surface area contributed by atoms with Crippen LogP contribution in [0.1, 0.15) is 0 Å². The maximum absolute atomic E-state index is 12.1. The number of benzene rings is 2. The number of hydrogen-bond acceptors (Lipinski definition) is 3. The molecule has 0 aliphatic carbocycles. The maximum atomic E-state index is 12.1. The van der Waals surface area contributed by atoms with Crippen molar-refractivity contribution >= 4 is 33.4 Å². The number of hydrogen-bond donors (Lipinski definition) is 1. The van der Waals surface area contributed by atoms with E-state index >= 15 is 0 Å². The molecule has 0 unspecified atom stereocenters. The van der Waals surface area contributed by atoms with E-state index in [4.69, 9.17) is 11.6 Å². The standard InChI is InChI=1S/C14H14ClNO2S2/c15-13-8-4-5-9-14(13)20(17,18)16-10-11-19-12-6-2-1-3-7-12/h1-9,16H,10-11H2. The van der Waals surface area contributed by atoms with Gasteiger partial charge in [0.25, 0.3) is 0 Å². The molecule has 0 aliphatic rings. The second-order valence-electron chi connectivity index (χ2n) is 3.99. The average Bonchev–Trinajstić information content (AvgIpc) is 2.45. The minimum atomic E-state index is -3.54. The van der Waals surface area contributed by atoms with Crippen molar-refractivity contribution < 1.29 is 8.42 Å². The van der Waals surface area contributed by atoms with E-state index in [9.17, 15) is 8.42 Å². The van der Waals surface area contributed by atoms with Crippen LogP contribution in [0.3, 0.4) is 0 Å². The third kappa shape index (κ3) is 4.24. The van der Waals surface area contributed by atoms with E-state index < -0.39 is 10.0 Å². The van der Waals surface area contributed by atoms with Gasteiger partial charge in [0.1, 0.15) is 4.90 Å². The lowest BCUT2D eigenvalue weighted by atomic mass is 10.4. The molecule has 0 radical (unpaired) electrons. The molecule has 0 spiro atoms. The van der Waals surface area contributed by atoms with E-state index in [-0.39, 0.29) is 9.92 Å². The molecule has 0 amide bonds. The quantitative estimate of drug-likeness (QED) is 0.653. The van der Waals surface area contributed by atoms with E-state index in [0.29, 0.717) is 12.3 Å². The van der Waals surface area contributed by atoms with Gasteiger partial charge in [-0.15, -0.1) is 11.8 Å². The predicted octanol–water partition coefficient (Wildman–Crippen LogP) is 3.41. The summed E-state index contributed by atoms with van der Waals surface area (Å²) in [6.07, 6.45) is 0. The summed E-state index contributed by atoms with van der Waals surface area (Å²) < 4.78 is 26.7. The number of nitrogens with one attached hydrogen (secondary N) is 1. The summed E-state index contributed by atoms with van der Waals surface area (Å²) in [5, 5.41) is 0.232. The van der Waals surface area contributed by atoms with Crippen molar-refractivity contribution in [3.8, 4) is 0 Å². The first-order valence-electron chi connectivity index (χ1n) is 6.01. The first-order chi connectivity index (χ1) is 9.59. The molecule has 0 aromatic heterocycles. The van der Waals surface area contributed by atoms with Gasteiger partial charge >= 0.3 is 0 Å². The highest BCUT2D eigenvalue weighted by Crippen LogP contribution is 2.20. The van der Waals surface area contributed by atoms with Crippen LogP contribution in [0.25, 0.3) is 0 Å². The van der Waals surface area contributed by atoms with Crippen molar-refractivity contribution in [3.05, 3.63) is 59.6 Å². The molecule has 0 heterocycles. The number of sulfonamides is 1. The first-order valence-corrected chi connectivity index (χ1v) is 8.86. The molecular formula is C14H14ClNO2S2. The Morgan fingerprint density at radius 3 is 2.35 bits per heavy atom. The van der Waals surface area contributed by atoms with Gasteiger partial charge in [0.05, 0.1) is 5.02 Å². The minimum absolute atomic E-state index is 0.117. The highest BCUT2D eigenvalue weighted by atomic mass is 35.5. The van der Waals surface area contributed by atoms with Crippen molar-refractivity contribution in [2.45, 2.75) is 9.79 Å². The van der Waals surface area contributed by atoms with Crippen LogP contribution in [0.2, 0.25) is 5.02 Å². The zero-order valence-corrected chi connectivity index (χ0v) is 13.0. The zero-order chi connectivity index (χ0) is 14.4. The van der Waals surface area contributed by atoms with E-state index in [1.54, 1.807) is 30.0 Å². The fourth-order valence-corrected chi connectivity index (χ4v) is 4.07. The molecule has 0 bridgehead atoms. The van der Waals surface area contributed by atoms with Gasteiger partial charge in [-0.25, -0.2) is 13.1 Å². The predicted molar refractivity (Wildman–Crippen MR) is 83.8 cm³/mol. The monoisotopic (exact) mass is 327 g/mol. The van der Waals surface area contributed by atoms with Gasteiger partial charge in [-0.2, -0.15) is 0 Å². The van der Waals surface area contributed by atoms with Crippen LogP contribution < -0.4 is 4.72 Å². The molecular weight excluding hydrogens is 314 g/mol. The van der Waals surface area contributed by atoms with Crippen molar-refractivity contribution in [1.29, 1.82) is 0 Å². The third-order valence-electron chi connectivity index (χ3n) is 2.53. The Kier molecular flexibility index (Phi) is 5.48. The molecule has 0 fully saturated rings. The lowest BCUT2D eigenvalue weighted by molar-refractivity contribution is 0.584. The van der Waals surface area contributed by atoms with E-state index in [2.05, 4.69) is 4.72 Å². The maximum Gasteiger partial charge on any atom is 0.242 e. The molecule has 1 N–H and O–H groups in total. The molecule has 6 heteroatoms. The molecule has 3 nitrogen and oxygen atoms in total.